The molecule has 2 unspecified atom stereocenters. The molecule has 0 aliphatic heterocycles. The zero-order valence-electron chi connectivity index (χ0n) is 35.7. The summed E-state index contributed by atoms with van der Waals surface area (Å²) in [7, 11) is -9.73. The van der Waals surface area contributed by atoms with Gasteiger partial charge in [-0.25, -0.2) is 9.13 Å². The highest BCUT2D eigenvalue weighted by atomic mass is 31.2. The molecule has 0 aliphatic carbocycles. The molecule has 0 saturated heterocycles. The van der Waals surface area contributed by atoms with Gasteiger partial charge in [0.15, 0.2) is 6.10 Å². The van der Waals surface area contributed by atoms with E-state index in [9.17, 15) is 33.8 Å². The minimum Gasteiger partial charge on any atom is -0.462 e. The van der Waals surface area contributed by atoms with E-state index >= 15 is 0 Å². The number of phosphoric acid groups is 2. The average Bonchev–Trinajstić information content (AvgIpc) is 3.16. The summed E-state index contributed by atoms with van der Waals surface area (Å²) >= 11 is 0. The summed E-state index contributed by atoms with van der Waals surface area (Å²) < 4.78 is 47.6. The monoisotopic (exact) mass is 868 g/mol. The molecular weight excluding hydrogens is 790 g/mol. The van der Waals surface area contributed by atoms with Gasteiger partial charge in [-0.05, 0) is 44.4 Å². The second kappa shape index (κ2) is 37.1. The normalized spacial score (nSPS) is 15.1. The summed E-state index contributed by atoms with van der Waals surface area (Å²) in [5.74, 6) is -0.469. The number of carbonyl (C=O) groups is 2. The average molecular weight is 869 g/mol. The molecule has 0 heterocycles. The van der Waals surface area contributed by atoms with Crippen LogP contribution in [-0.2, 0) is 41.8 Å². The Kier molecular flexibility index (Phi) is 36.0. The van der Waals surface area contributed by atoms with Crippen molar-refractivity contribution < 1.29 is 66.7 Å². The maximum Gasteiger partial charge on any atom is 0.472 e. The number of carbonyl (C=O) groups excluding carboxylic acids is 2. The van der Waals surface area contributed by atoms with E-state index in [0.29, 0.717) is 19.3 Å². The molecule has 0 radical (unpaired) electrons. The molecule has 58 heavy (non-hydrogen) atoms. The summed E-state index contributed by atoms with van der Waals surface area (Å²) in [6.07, 6.45) is 30.4. The predicted octanol–water partition coefficient (Wildman–Crippen LogP) is 9.72. The summed E-state index contributed by atoms with van der Waals surface area (Å²) in [5.41, 5.74) is 0. The van der Waals surface area contributed by atoms with E-state index in [-0.39, 0.29) is 12.8 Å². The first-order valence-corrected chi connectivity index (χ1v) is 24.7. The summed E-state index contributed by atoms with van der Waals surface area (Å²) in [4.78, 5) is 52.6. The minimum absolute atomic E-state index is 0.0278. The fraction of sp³-hybridized carbons (Fsp3) is 0.810. The van der Waals surface area contributed by atoms with Gasteiger partial charge in [0.25, 0.3) is 0 Å². The molecule has 14 nitrogen and oxygen atoms in total. The van der Waals surface area contributed by atoms with Crippen molar-refractivity contribution >= 4 is 27.6 Å². The Balaban J connectivity index is 4.69. The Morgan fingerprint density at radius 3 is 1.81 bits per heavy atom. The van der Waals surface area contributed by atoms with Gasteiger partial charge in [0.1, 0.15) is 12.7 Å². The van der Waals surface area contributed by atoms with Crippen LogP contribution < -0.4 is 0 Å². The third-order valence-electron chi connectivity index (χ3n) is 9.05. The van der Waals surface area contributed by atoms with Crippen LogP contribution >= 0.6 is 15.6 Å². The number of esters is 2. The second-order valence-corrected chi connectivity index (χ2v) is 18.0. The summed E-state index contributed by atoms with van der Waals surface area (Å²) in [6, 6.07) is 0. The van der Waals surface area contributed by atoms with Crippen LogP contribution in [-0.4, -0.2) is 81.6 Å². The highest BCUT2D eigenvalue weighted by Gasteiger charge is 2.28. The van der Waals surface area contributed by atoms with Gasteiger partial charge in [-0.2, -0.15) is 0 Å². The van der Waals surface area contributed by atoms with Crippen molar-refractivity contribution in [3.05, 3.63) is 36.5 Å². The Bertz CT molecular complexity index is 1200. The maximum absolute atomic E-state index is 12.6. The van der Waals surface area contributed by atoms with Gasteiger partial charge in [0.2, 0.25) is 0 Å². The third-order valence-corrected chi connectivity index (χ3v) is 10.5. The van der Waals surface area contributed by atoms with Crippen molar-refractivity contribution in [1.29, 1.82) is 0 Å². The van der Waals surface area contributed by atoms with Gasteiger partial charge < -0.3 is 34.4 Å². The number of aliphatic hydroxyl groups is 2. The first kappa shape index (κ1) is 56.3. The molecule has 5 N–H and O–H groups in total. The molecule has 340 valence electrons. The van der Waals surface area contributed by atoms with Crippen LogP contribution in [0.3, 0.4) is 0 Å². The topological polar surface area (TPSA) is 216 Å². The molecule has 16 heteroatoms. The molecule has 0 fully saturated rings. The summed E-state index contributed by atoms with van der Waals surface area (Å²) in [5, 5.41) is 20.0. The number of allylic oxidation sites excluding steroid dienone is 5. The fourth-order valence-electron chi connectivity index (χ4n) is 5.72. The van der Waals surface area contributed by atoms with Crippen molar-refractivity contribution in [2.24, 2.45) is 5.92 Å². The lowest BCUT2D eigenvalue weighted by atomic mass is 10.0. The highest BCUT2D eigenvalue weighted by molar-refractivity contribution is 7.47. The molecule has 0 saturated carbocycles. The van der Waals surface area contributed by atoms with Crippen LogP contribution in [0.15, 0.2) is 36.5 Å². The van der Waals surface area contributed by atoms with Crippen LogP contribution in [0.1, 0.15) is 168 Å². The van der Waals surface area contributed by atoms with Crippen LogP contribution in [0.5, 0.6) is 0 Å². The van der Waals surface area contributed by atoms with Crippen LogP contribution in [0.25, 0.3) is 0 Å². The number of aliphatic hydroxyl groups excluding tert-OH is 2. The fourth-order valence-corrected chi connectivity index (χ4v) is 6.87. The lowest BCUT2D eigenvalue weighted by Gasteiger charge is -2.20. The number of ether oxygens (including phenoxy) is 2. The Morgan fingerprint density at radius 2 is 1.17 bits per heavy atom. The van der Waals surface area contributed by atoms with Crippen molar-refractivity contribution in [1.82, 2.24) is 0 Å². The number of rotatable bonds is 40. The number of unbranched alkanes of at least 4 members (excludes halogenated alkanes) is 15. The Morgan fingerprint density at radius 1 is 0.603 bits per heavy atom. The zero-order valence-corrected chi connectivity index (χ0v) is 37.5. The molecule has 0 aromatic carbocycles. The predicted molar refractivity (Wildman–Crippen MR) is 227 cm³/mol. The molecule has 0 aromatic rings. The van der Waals surface area contributed by atoms with Crippen LogP contribution in [0.4, 0.5) is 0 Å². The van der Waals surface area contributed by atoms with Crippen molar-refractivity contribution in [3.8, 4) is 0 Å². The lowest BCUT2D eigenvalue weighted by molar-refractivity contribution is -0.161. The molecule has 0 bridgehead atoms. The molecular formula is C42H78O14P2. The number of hydrogen-bond donors (Lipinski definition) is 5. The van der Waals surface area contributed by atoms with E-state index in [4.69, 9.17) is 23.8 Å². The molecule has 0 rings (SSSR count). The van der Waals surface area contributed by atoms with Gasteiger partial charge in [-0.3, -0.25) is 23.2 Å². The van der Waals surface area contributed by atoms with Gasteiger partial charge in [0.05, 0.1) is 25.9 Å². The van der Waals surface area contributed by atoms with Crippen molar-refractivity contribution in [3.63, 3.8) is 0 Å². The van der Waals surface area contributed by atoms with Crippen LogP contribution in [0, 0.1) is 5.92 Å². The van der Waals surface area contributed by atoms with Gasteiger partial charge in [0, 0.05) is 12.8 Å². The lowest BCUT2D eigenvalue weighted by Crippen LogP contribution is -2.30. The molecule has 0 aliphatic rings. The number of hydrogen-bond acceptors (Lipinski definition) is 11. The maximum atomic E-state index is 12.6. The largest absolute Gasteiger partial charge is 0.472 e. The smallest absolute Gasteiger partial charge is 0.462 e. The molecule has 0 amide bonds. The number of phosphoric ester groups is 2. The minimum atomic E-state index is -4.88. The van der Waals surface area contributed by atoms with Gasteiger partial charge in [-0.1, -0.05) is 154 Å². The van der Waals surface area contributed by atoms with E-state index in [2.05, 4.69) is 42.0 Å². The molecule has 0 spiro atoms. The van der Waals surface area contributed by atoms with Crippen molar-refractivity contribution in [2.75, 3.05) is 26.4 Å². The highest BCUT2D eigenvalue weighted by Crippen LogP contribution is 2.43. The standard InChI is InChI=1S/C42H78O14P2/c1-4-5-6-7-8-9-10-11-12-16-19-22-25-29-38(43)30-27-32-41(45)52-35-40(36-55-58(50,51)54-34-39(44)33-53-57(47,48)49)56-42(46)31-26-23-20-17-14-13-15-18-21-24-28-37(2)3/h11-12,19,22,25,29,37-40,43-44H,4-10,13-18,20-21,23-24,26-28,30-36H2,1-3H3,(H,50,51)(H2,47,48,49)/b12-11+,22-19+,29-25+/t38?,39-,40+/m0/s1. The third kappa shape index (κ3) is 41.1. The molecule has 0 aromatic heterocycles. The second-order valence-electron chi connectivity index (χ2n) is 15.3. The SMILES string of the molecule is CCCCCCCC/C=C/C/C=C/C=C/C(O)CCCC(=O)OC[C@H](COP(=O)(O)OC[C@@H](O)COP(=O)(O)O)OC(=O)CCCCCCCCCCCCC(C)C. The van der Waals surface area contributed by atoms with E-state index in [1.54, 1.807) is 12.2 Å². The summed E-state index contributed by atoms with van der Waals surface area (Å²) in [6.45, 7) is 3.82. The van der Waals surface area contributed by atoms with E-state index < -0.39 is 72.3 Å². The van der Waals surface area contributed by atoms with E-state index in [1.165, 1.54) is 77.0 Å². The van der Waals surface area contributed by atoms with Crippen molar-refractivity contribution in [2.45, 2.75) is 187 Å². The Labute approximate surface area is 349 Å². The Hall–Kier alpha value is -1.70. The van der Waals surface area contributed by atoms with Crippen LogP contribution in [0.2, 0.25) is 0 Å². The zero-order chi connectivity index (χ0) is 43.3. The van der Waals surface area contributed by atoms with E-state index in [1.807, 2.05) is 12.2 Å². The molecule has 4 atom stereocenters. The van der Waals surface area contributed by atoms with E-state index in [0.717, 1.165) is 44.4 Å². The first-order valence-electron chi connectivity index (χ1n) is 21.6. The van der Waals surface area contributed by atoms with Gasteiger partial charge >= 0.3 is 27.6 Å². The quantitative estimate of drug-likeness (QED) is 0.0127. The first-order chi connectivity index (χ1) is 27.6. The van der Waals surface area contributed by atoms with Gasteiger partial charge in [-0.15, -0.1) is 0 Å².